The fourth-order valence-electron chi connectivity index (χ4n) is 1.90. The van der Waals surface area contributed by atoms with Crippen LogP contribution in [-0.2, 0) is 16.0 Å². The number of anilines is 1. The maximum Gasteiger partial charge on any atom is 0.307 e. The molecule has 0 aliphatic carbocycles. The summed E-state index contributed by atoms with van der Waals surface area (Å²) in [4.78, 5) is 22.3. The summed E-state index contributed by atoms with van der Waals surface area (Å²) in [6, 6.07) is 6.95. The molecule has 1 aromatic carbocycles. The van der Waals surface area contributed by atoms with E-state index in [1.165, 1.54) is 0 Å². The van der Waals surface area contributed by atoms with E-state index in [0.29, 0.717) is 23.6 Å². The monoisotopic (exact) mass is 248 g/mol. The maximum absolute atomic E-state index is 11.7. The molecule has 0 bridgehead atoms. The van der Waals surface area contributed by atoms with Crippen LogP contribution >= 0.6 is 0 Å². The third kappa shape index (κ3) is 3.56. The Balaban J connectivity index is 1.91. The molecule has 0 aromatic heterocycles. The number of carbonyl (C=O) groups is 2. The molecule has 5 heteroatoms. The van der Waals surface area contributed by atoms with Crippen molar-refractivity contribution in [3.05, 3.63) is 29.8 Å². The average molecular weight is 248 g/mol. The van der Waals surface area contributed by atoms with Crippen molar-refractivity contribution in [2.45, 2.75) is 12.8 Å². The number of nitrogens with one attached hydrogen (secondary N) is 2. The number of aliphatic carboxylic acids is 1. The van der Waals surface area contributed by atoms with Gasteiger partial charge in [-0.15, -0.1) is 0 Å². The molecule has 96 valence electrons. The van der Waals surface area contributed by atoms with Crippen molar-refractivity contribution in [2.75, 3.05) is 18.4 Å². The summed E-state index contributed by atoms with van der Waals surface area (Å²) in [5, 5.41) is 14.6. The van der Waals surface area contributed by atoms with E-state index < -0.39 is 5.97 Å². The standard InChI is InChI=1S/C13H16N2O3/c16-12(5-10-7-14-8-10)15-11-3-1-2-9(4-11)6-13(17)18/h1-4,10,14H,5-8H2,(H,15,16)(H,17,18). The Morgan fingerprint density at radius 2 is 2.17 bits per heavy atom. The molecule has 0 unspecified atom stereocenters. The highest BCUT2D eigenvalue weighted by Crippen LogP contribution is 2.14. The minimum absolute atomic E-state index is 0.0195. The summed E-state index contributed by atoms with van der Waals surface area (Å²) < 4.78 is 0. The molecule has 18 heavy (non-hydrogen) atoms. The Hall–Kier alpha value is -1.88. The first-order valence-electron chi connectivity index (χ1n) is 5.95. The van der Waals surface area contributed by atoms with Crippen LogP contribution in [0.4, 0.5) is 5.69 Å². The van der Waals surface area contributed by atoms with Gasteiger partial charge in [-0.05, 0) is 36.7 Å². The predicted molar refractivity (Wildman–Crippen MR) is 67.4 cm³/mol. The van der Waals surface area contributed by atoms with Crippen LogP contribution in [0.3, 0.4) is 0 Å². The first kappa shape index (κ1) is 12.6. The smallest absolute Gasteiger partial charge is 0.307 e. The minimum atomic E-state index is -0.876. The lowest BCUT2D eigenvalue weighted by atomic mass is 9.99. The molecule has 3 N–H and O–H groups in total. The second kappa shape index (κ2) is 5.64. The zero-order chi connectivity index (χ0) is 13.0. The van der Waals surface area contributed by atoms with Gasteiger partial charge in [-0.2, -0.15) is 0 Å². The van der Waals surface area contributed by atoms with Gasteiger partial charge in [0.05, 0.1) is 6.42 Å². The van der Waals surface area contributed by atoms with Crippen molar-refractivity contribution in [1.29, 1.82) is 0 Å². The summed E-state index contributed by atoms with van der Waals surface area (Å²) in [7, 11) is 0. The summed E-state index contributed by atoms with van der Waals surface area (Å²) in [5.41, 5.74) is 1.34. The molecule has 1 aromatic rings. The molecule has 0 radical (unpaired) electrons. The molecular formula is C13H16N2O3. The number of hydrogen-bond acceptors (Lipinski definition) is 3. The number of rotatable bonds is 5. The first-order chi connectivity index (χ1) is 8.63. The van der Waals surface area contributed by atoms with Crippen molar-refractivity contribution in [3.8, 4) is 0 Å². The quantitative estimate of drug-likeness (QED) is 0.722. The van der Waals surface area contributed by atoms with Gasteiger partial charge in [-0.3, -0.25) is 9.59 Å². The Morgan fingerprint density at radius 3 is 2.78 bits per heavy atom. The van der Waals surface area contributed by atoms with Gasteiger partial charge in [0.1, 0.15) is 0 Å². The fraction of sp³-hybridized carbons (Fsp3) is 0.385. The number of hydrogen-bond donors (Lipinski definition) is 3. The lowest BCUT2D eigenvalue weighted by molar-refractivity contribution is -0.136. The lowest BCUT2D eigenvalue weighted by Crippen LogP contribution is -2.43. The van der Waals surface area contributed by atoms with Crippen LogP contribution in [-0.4, -0.2) is 30.1 Å². The van der Waals surface area contributed by atoms with Crippen LogP contribution < -0.4 is 10.6 Å². The van der Waals surface area contributed by atoms with E-state index in [1.807, 2.05) is 0 Å². The number of carbonyl (C=O) groups excluding carboxylic acids is 1. The zero-order valence-electron chi connectivity index (χ0n) is 9.98. The fourth-order valence-corrected chi connectivity index (χ4v) is 1.90. The van der Waals surface area contributed by atoms with Crippen molar-refractivity contribution >= 4 is 17.6 Å². The number of amides is 1. The molecule has 1 fully saturated rings. The number of carboxylic acids is 1. The molecule has 1 aliphatic rings. The largest absolute Gasteiger partial charge is 0.481 e. The van der Waals surface area contributed by atoms with E-state index in [9.17, 15) is 9.59 Å². The highest BCUT2D eigenvalue weighted by Gasteiger charge is 2.20. The third-order valence-corrected chi connectivity index (χ3v) is 2.91. The number of carboxylic acid groups (broad SMARTS) is 1. The summed E-state index contributed by atoms with van der Waals surface area (Å²) in [6.07, 6.45) is 0.479. The van der Waals surface area contributed by atoms with E-state index in [-0.39, 0.29) is 12.3 Å². The van der Waals surface area contributed by atoms with Crippen LogP contribution in [0.2, 0.25) is 0 Å². The summed E-state index contributed by atoms with van der Waals surface area (Å²) >= 11 is 0. The molecule has 1 amide bonds. The van der Waals surface area contributed by atoms with E-state index >= 15 is 0 Å². The SMILES string of the molecule is O=C(O)Cc1cccc(NC(=O)CC2CNC2)c1. The second-order valence-corrected chi connectivity index (χ2v) is 4.55. The van der Waals surface area contributed by atoms with Crippen LogP contribution in [0.15, 0.2) is 24.3 Å². The molecule has 0 spiro atoms. The zero-order valence-corrected chi connectivity index (χ0v) is 9.98. The van der Waals surface area contributed by atoms with Crippen molar-refractivity contribution in [3.63, 3.8) is 0 Å². The summed E-state index contributed by atoms with van der Waals surface area (Å²) in [6.45, 7) is 1.79. The molecule has 5 nitrogen and oxygen atoms in total. The van der Waals surface area contributed by atoms with Crippen molar-refractivity contribution < 1.29 is 14.7 Å². The van der Waals surface area contributed by atoms with Crippen LogP contribution in [0, 0.1) is 5.92 Å². The molecule has 2 rings (SSSR count). The average Bonchev–Trinajstić information content (AvgIpc) is 2.23. The molecule has 1 heterocycles. The minimum Gasteiger partial charge on any atom is -0.481 e. The lowest BCUT2D eigenvalue weighted by Gasteiger charge is -2.26. The van der Waals surface area contributed by atoms with Gasteiger partial charge in [0.2, 0.25) is 5.91 Å². The maximum atomic E-state index is 11.7. The van der Waals surface area contributed by atoms with Gasteiger partial charge in [-0.1, -0.05) is 12.1 Å². The molecule has 1 saturated heterocycles. The highest BCUT2D eigenvalue weighted by atomic mass is 16.4. The van der Waals surface area contributed by atoms with E-state index in [0.717, 1.165) is 13.1 Å². The molecule has 0 atom stereocenters. The van der Waals surface area contributed by atoms with E-state index in [2.05, 4.69) is 10.6 Å². The van der Waals surface area contributed by atoms with Gasteiger partial charge >= 0.3 is 5.97 Å². The molecular weight excluding hydrogens is 232 g/mol. The Labute approximate surface area is 105 Å². The van der Waals surface area contributed by atoms with E-state index in [4.69, 9.17) is 5.11 Å². The van der Waals surface area contributed by atoms with Crippen molar-refractivity contribution in [2.24, 2.45) is 5.92 Å². The predicted octanol–water partition coefficient (Wildman–Crippen LogP) is 0.862. The highest BCUT2D eigenvalue weighted by molar-refractivity contribution is 5.91. The van der Waals surface area contributed by atoms with E-state index in [1.54, 1.807) is 24.3 Å². The Bertz CT molecular complexity index is 455. The Kier molecular flexibility index (Phi) is 3.94. The molecule has 0 saturated carbocycles. The first-order valence-corrected chi connectivity index (χ1v) is 5.95. The summed E-state index contributed by atoms with van der Waals surface area (Å²) in [5.74, 6) is -0.472. The topological polar surface area (TPSA) is 78.4 Å². The second-order valence-electron chi connectivity index (χ2n) is 4.55. The van der Waals surface area contributed by atoms with Gasteiger partial charge < -0.3 is 15.7 Å². The molecule has 1 aliphatic heterocycles. The van der Waals surface area contributed by atoms with Gasteiger partial charge in [0.15, 0.2) is 0 Å². The van der Waals surface area contributed by atoms with Crippen LogP contribution in [0.5, 0.6) is 0 Å². The third-order valence-electron chi connectivity index (χ3n) is 2.91. The normalized spacial score (nSPS) is 14.9. The van der Waals surface area contributed by atoms with Gasteiger partial charge in [-0.25, -0.2) is 0 Å². The van der Waals surface area contributed by atoms with Crippen LogP contribution in [0.25, 0.3) is 0 Å². The number of benzene rings is 1. The van der Waals surface area contributed by atoms with Gasteiger partial charge in [0, 0.05) is 12.1 Å². The van der Waals surface area contributed by atoms with Crippen LogP contribution in [0.1, 0.15) is 12.0 Å². The Morgan fingerprint density at radius 1 is 1.39 bits per heavy atom. The van der Waals surface area contributed by atoms with Gasteiger partial charge in [0.25, 0.3) is 0 Å². The van der Waals surface area contributed by atoms with Crippen molar-refractivity contribution in [1.82, 2.24) is 5.32 Å².